The van der Waals surface area contributed by atoms with Gasteiger partial charge in [0.2, 0.25) is 11.8 Å². The van der Waals surface area contributed by atoms with Crippen LogP contribution in [0.4, 0.5) is 0 Å². The average molecular weight is 380 g/mol. The highest BCUT2D eigenvalue weighted by Gasteiger charge is 2.30. The Morgan fingerprint density at radius 1 is 1.32 bits per heavy atom. The van der Waals surface area contributed by atoms with Crippen LogP contribution in [0, 0.1) is 5.92 Å². The molecule has 134 valence electrons. The second-order valence-corrected chi connectivity index (χ2v) is 8.32. The molecule has 0 saturated heterocycles. The minimum absolute atomic E-state index is 0.00768. The second-order valence-electron chi connectivity index (χ2n) is 6.96. The van der Waals surface area contributed by atoms with Crippen molar-refractivity contribution in [2.75, 3.05) is 5.75 Å². The first-order chi connectivity index (χ1) is 11.9. The lowest BCUT2D eigenvalue weighted by Gasteiger charge is -2.37. The number of carbonyl (C=O) groups excluding carboxylic acids is 1. The number of rotatable bonds is 5. The van der Waals surface area contributed by atoms with E-state index in [1.807, 2.05) is 12.1 Å². The minimum Gasteiger partial charge on any atom is -0.411 e. The molecule has 1 fully saturated rings. The first-order valence-electron chi connectivity index (χ1n) is 8.47. The summed E-state index contributed by atoms with van der Waals surface area (Å²) in [6.07, 6.45) is 4.40. The molecule has 1 N–H and O–H groups in total. The van der Waals surface area contributed by atoms with Crippen molar-refractivity contribution in [1.29, 1.82) is 0 Å². The van der Waals surface area contributed by atoms with Crippen molar-refractivity contribution in [3.8, 4) is 11.5 Å². The van der Waals surface area contributed by atoms with Gasteiger partial charge in [0, 0.05) is 16.1 Å². The maximum Gasteiger partial charge on any atom is 0.277 e. The Morgan fingerprint density at radius 3 is 2.68 bits per heavy atom. The van der Waals surface area contributed by atoms with Crippen LogP contribution in [0.2, 0.25) is 5.02 Å². The number of thioether (sulfide) groups is 1. The summed E-state index contributed by atoms with van der Waals surface area (Å²) in [5, 5.41) is 12.2. The van der Waals surface area contributed by atoms with Crippen LogP contribution in [-0.2, 0) is 4.79 Å². The highest BCUT2D eigenvalue weighted by Crippen LogP contribution is 2.31. The molecule has 3 rings (SSSR count). The summed E-state index contributed by atoms with van der Waals surface area (Å²) in [5.74, 6) is 1.46. The molecule has 5 nitrogen and oxygen atoms in total. The fourth-order valence-electron chi connectivity index (χ4n) is 3.00. The zero-order chi connectivity index (χ0) is 17.9. The minimum atomic E-state index is -0.0898. The Morgan fingerprint density at radius 2 is 2.00 bits per heavy atom. The Bertz CT molecular complexity index is 724. The number of hydrogen-bond acceptors (Lipinski definition) is 5. The lowest BCUT2D eigenvalue weighted by atomic mass is 9.78. The Kier molecular flexibility index (Phi) is 5.69. The van der Waals surface area contributed by atoms with E-state index in [9.17, 15) is 4.79 Å². The number of benzene rings is 1. The molecule has 0 spiro atoms. The number of aromatic nitrogens is 2. The van der Waals surface area contributed by atoms with E-state index in [-0.39, 0.29) is 17.2 Å². The molecular weight excluding hydrogens is 358 g/mol. The van der Waals surface area contributed by atoms with Crippen LogP contribution in [0.1, 0.15) is 39.5 Å². The van der Waals surface area contributed by atoms with Crippen LogP contribution in [-0.4, -0.2) is 27.4 Å². The summed E-state index contributed by atoms with van der Waals surface area (Å²) in [6.45, 7) is 4.40. The molecule has 1 aliphatic rings. The van der Waals surface area contributed by atoms with Gasteiger partial charge in [0.15, 0.2) is 0 Å². The largest absolute Gasteiger partial charge is 0.411 e. The quantitative estimate of drug-likeness (QED) is 0.771. The molecule has 7 heteroatoms. The molecule has 25 heavy (non-hydrogen) atoms. The molecule has 1 aliphatic carbocycles. The van der Waals surface area contributed by atoms with Crippen LogP contribution in [0.5, 0.6) is 0 Å². The van der Waals surface area contributed by atoms with E-state index in [0.717, 1.165) is 37.2 Å². The summed E-state index contributed by atoms with van der Waals surface area (Å²) >= 11 is 7.13. The maximum atomic E-state index is 12.2. The third-order valence-electron chi connectivity index (χ3n) is 4.64. The average Bonchev–Trinajstić information content (AvgIpc) is 3.06. The highest BCUT2D eigenvalue weighted by atomic mass is 35.5. The lowest BCUT2D eigenvalue weighted by molar-refractivity contribution is -0.120. The Labute approximate surface area is 156 Å². The number of amides is 1. The van der Waals surface area contributed by atoms with Crippen molar-refractivity contribution < 1.29 is 9.21 Å². The van der Waals surface area contributed by atoms with Crippen LogP contribution in [0.15, 0.2) is 33.9 Å². The number of hydrogen-bond donors (Lipinski definition) is 1. The van der Waals surface area contributed by atoms with Gasteiger partial charge in [-0.25, -0.2) is 0 Å². The second kappa shape index (κ2) is 7.79. The van der Waals surface area contributed by atoms with Crippen molar-refractivity contribution in [3.63, 3.8) is 0 Å². The van der Waals surface area contributed by atoms with Crippen molar-refractivity contribution in [2.45, 2.75) is 50.3 Å². The topological polar surface area (TPSA) is 68.0 Å². The van der Waals surface area contributed by atoms with Crippen LogP contribution < -0.4 is 5.32 Å². The molecule has 1 amide bonds. The molecule has 0 aliphatic heterocycles. The molecule has 0 radical (unpaired) electrons. The molecule has 1 saturated carbocycles. The number of halogens is 1. The SMILES string of the molecule is CC1CCC(C)(NC(=O)CSc2nnc(-c3ccc(Cl)cc3)o2)CC1. The van der Waals surface area contributed by atoms with Gasteiger partial charge in [-0.3, -0.25) is 4.79 Å². The third-order valence-corrected chi connectivity index (χ3v) is 5.71. The zero-order valence-corrected chi connectivity index (χ0v) is 16.0. The van der Waals surface area contributed by atoms with Gasteiger partial charge in [-0.2, -0.15) is 0 Å². The van der Waals surface area contributed by atoms with Crippen molar-refractivity contribution >= 4 is 29.3 Å². The standard InChI is InChI=1S/C18H22ClN3O2S/c1-12-7-9-18(2,10-8-12)20-15(23)11-25-17-22-21-16(24-17)13-3-5-14(19)6-4-13/h3-6,12H,7-11H2,1-2H3,(H,20,23). The van der Waals surface area contributed by atoms with E-state index < -0.39 is 0 Å². The van der Waals surface area contributed by atoms with Crippen molar-refractivity contribution in [1.82, 2.24) is 15.5 Å². The number of nitrogens with zero attached hydrogens (tertiary/aromatic N) is 2. The first kappa shape index (κ1) is 18.3. The van der Waals surface area contributed by atoms with Crippen molar-refractivity contribution in [3.05, 3.63) is 29.3 Å². The van der Waals surface area contributed by atoms with Crippen molar-refractivity contribution in [2.24, 2.45) is 5.92 Å². The number of nitrogens with one attached hydrogen (secondary N) is 1. The summed E-state index contributed by atoms with van der Waals surface area (Å²) in [7, 11) is 0. The third kappa shape index (κ3) is 4.98. The van der Waals surface area contributed by atoms with Gasteiger partial charge in [0.1, 0.15) is 0 Å². The van der Waals surface area contributed by atoms with Gasteiger partial charge in [0.05, 0.1) is 5.75 Å². The number of carbonyl (C=O) groups is 1. The van der Waals surface area contributed by atoms with E-state index in [1.165, 1.54) is 11.8 Å². The molecule has 1 heterocycles. The van der Waals surface area contributed by atoms with Gasteiger partial charge in [0.25, 0.3) is 5.22 Å². The molecule has 1 aromatic carbocycles. The van der Waals surface area contributed by atoms with E-state index in [4.69, 9.17) is 16.0 Å². The fourth-order valence-corrected chi connectivity index (χ4v) is 3.69. The summed E-state index contributed by atoms with van der Waals surface area (Å²) < 4.78 is 5.61. The highest BCUT2D eigenvalue weighted by molar-refractivity contribution is 7.99. The van der Waals surface area contributed by atoms with Crippen LogP contribution in [0.25, 0.3) is 11.5 Å². The fraction of sp³-hybridized carbons (Fsp3) is 0.500. The van der Waals surface area contributed by atoms with Gasteiger partial charge < -0.3 is 9.73 Å². The smallest absolute Gasteiger partial charge is 0.277 e. The van der Waals surface area contributed by atoms with E-state index in [2.05, 4.69) is 29.4 Å². The Balaban J connectivity index is 1.52. The zero-order valence-electron chi connectivity index (χ0n) is 14.4. The monoisotopic (exact) mass is 379 g/mol. The molecular formula is C18H22ClN3O2S. The summed E-state index contributed by atoms with van der Waals surface area (Å²) in [4.78, 5) is 12.2. The van der Waals surface area contributed by atoms with E-state index in [1.54, 1.807) is 12.1 Å². The van der Waals surface area contributed by atoms with E-state index >= 15 is 0 Å². The predicted molar refractivity (Wildman–Crippen MR) is 99.6 cm³/mol. The maximum absolute atomic E-state index is 12.2. The molecule has 2 aromatic rings. The van der Waals surface area contributed by atoms with Gasteiger partial charge in [-0.15, -0.1) is 10.2 Å². The van der Waals surface area contributed by atoms with Gasteiger partial charge >= 0.3 is 0 Å². The van der Waals surface area contributed by atoms with Crippen LogP contribution in [0.3, 0.4) is 0 Å². The van der Waals surface area contributed by atoms with Gasteiger partial charge in [-0.1, -0.05) is 30.3 Å². The van der Waals surface area contributed by atoms with E-state index in [0.29, 0.717) is 16.1 Å². The molecule has 0 bridgehead atoms. The first-order valence-corrected chi connectivity index (χ1v) is 9.83. The summed E-state index contributed by atoms with van der Waals surface area (Å²) in [5.41, 5.74) is 0.713. The normalized spacial score (nSPS) is 23.4. The molecule has 1 aromatic heterocycles. The molecule has 0 atom stereocenters. The Hall–Kier alpha value is -1.53. The molecule has 0 unspecified atom stereocenters. The van der Waals surface area contributed by atoms with Crippen LogP contribution >= 0.6 is 23.4 Å². The predicted octanol–water partition coefficient (Wildman–Crippen LogP) is 4.57. The van der Waals surface area contributed by atoms with Gasteiger partial charge in [-0.05, 0) is 62.8 Å². The summed E-state index contributed by atoms with van der Waals surface area (Å²) in [6, 6.07) is 7.18. The lowest BCUT2D eigenvalue weighted by Crippen LogP contribution is -2.48.